The van der Waals surface area contributed by atoms with E-state index in [1.807, 2.05) is 20.8 Å². The first kappa shape index (κ1) is 17.3. The summed E-state index contributed by atoms with van der Waals surface area (Å²) in [6.07, 6.45) is 5.06. The average molecular weight is 279 g/mol. The fourth-order valence-corrected chi connectivity index (χ4v) is 2.16. The number of aryl methyl sites for hydroxylation is 1. The second kappa shape index (κ2) is 9.28. The number of esters is 1. The molecule has 0 saturated heterocycles. The zero-order chi connectivity index (χ0) is 14.8. The van der Waals surface area contributed by atoms with Crippen molar-refractivity contribution in [3.8, 4) is 0 Å². The Morgan fingerprint density at radius 1 is 1.42 bits per heavy atom. The van der Waals surface area contributed by atoms with Gasteiger partial charge in [0.15, 0.2) is 0 Å². The van der Waals surface area contributed by atoms with Crippen molar-refractivity contribution >= 4 is 22.9 Å². The molecule has 0 unspecified atom stereocenters. The maximum absolute atomic E-state index is 11.8. The molecular formula is C15H21NO2S. The quantitative estimate of drug-likeness (QED) is 0.592. The van der Waals surface area contributed by atoms with Gasteiger partial charge in [-0.2, -0.15) is 0 Å². The Labute approximate surface area is 119 Å². The highest BCUT2D eigenvalue weighted by atomic mass is 32.1. The van der Waals surface area contributed by atoms with Crippen molar-refractivity contribution in [1.82, 2.24) is 4.98 Å². The number of allylic oxidation sites excluding steroid dienone is 4. The lowest BCUT2D eigenvalue weighted by Gasteiger charge is -2.02. The van der Waals surface area contributed by atoms with Gasteiger partial charge in [-0.25, -0.2) is 9.78 Å². The van der Waals surface area contributed by atoms with E-state index in [1.165, 1.54) is 11.3 Å². The van der Waals surface area contributed by atoms with Crippen LogP contribution in [-0.2, 0) is 4.74 Å². The van der Waals surface area contributed by atoms with Gasteiger partial charge in [-0.3, -0.25) is 0 Å². The molecule has 1 heterocycles. The molecule has 4 heteroatoms. The van der Waals surface area contributed by atoms with Crippen molar-refractivity contribution in [2.45, 2.75) is 27.7 Å². The summed E-state index contributed by atoms with van der Waals surface area (Å²) < 4.78 is 5.00. The van der Waals surface area contributed by atoms with Gasteiger partial charge in [-0.1, -0.05) is 45.2 Å². The smallest absolute Gasteiger partial charge is 0.350 e. The van der Waals surface area contributed by atoms with Crippen LogP contribution in [-0.4, -0.2) is 17.6 Å². The number of carbonyl (C=O) groups excluding carboxylic acids is 1. The van der Waals surface area contributed by atoms with Crippen molar-refractivity contribution in [1.29, 1.82) is 0 Å². The molecule has 1 aromatic rings. The zero-order valence-electron chi connectivity index (χ0n) is 12.0. The van der Waals surface area contributed by atoms with Crippen LogP contribution in [0.1, 0.15) is 41.1 Å². The fraction of sp³-hybridized carbons (Fsp3) is 0.333. The molecule has 0 aromatic carbocycles. The number of hydrogen-bond acceptors (Lipinski definition) is 4. The fourth-order valence-electron chi connectivity index (χ4n) is 1.33. The van der Waals surface area contributed by atoms with Gasteiger partial charge in [0.25, 0.3) is 0 Å². The summed E-state index contributed by atoms with van der Waals surface area (Å²) in [6, 6.07) is 0. The Balaban J connectivity index is 0.00000154. The van der Waals surface area contributed by atoms with Crippen LogP contribution >= 0.6 is 11.3 Å². The third-order valence-corrected chi connectivity index (χ3v) is 2.94. The molecule has 0 amide bonds. The summed E-state index contributed by atoms with van der Waals surface area (Å²) in [4.78, 5) is 16.6. The Morgan fingerprint density at radius 3 is 2.53 bits per heavy atom. The van der Waals surface area contributed by atoms with Gasteiger partial charge in [-0.15, -0.1) is 11.3 Å². The third kappa shape index (κ3) is 4.83. The zero-order valence-corrected chi connectivity index (χ0v) is 12.8. The number of thiazole rings is 1. The molecule has 3 nitrogen and oxygen atoms in total. The highest BCUT2D eigenvalue weighted by Crippen LogP contribution is 2.26. The van der Waals surface area contributed by atoms with E-state index in [0.717, 1.165) is 10.6 Å². The van der Waals surface area contributed by atoms with Crippen LogP contribution in [0, 0.1) is 6.92 Å². The van der Waals surface area contributed by atoms with E-state index in [4.69, 9.17) is 4.74 Å². The van der Waals surface area contributed by atoms with Crippen molar-refractivity contribution in [3.05, 3.63) is 47.0 Å². The van der Waals surface area contributed by atoms with Gasteiger partial charge in [0.1, 0.15) is 4.88 Å². The molecule has 1 rings (SSSR count). The molecule has 1 aromatic heterocycles. The van der Waals surface area contributed by atoms with Crippen molar-refractivity contribution in [2.75, 3.05) is 6.61 Å². The molecule has 0 saturated carbocycles. The number of carbonyl (C=O) groups is 1. The number of hydrogen-bond donors (Lipinski definition) is 0. The number of nitrogens with zero attached hydrogens (tertiary/aromatic N) is 1. The van der Waals surface area contributed by atoms with E-state index < -0.39 is 0 Å². The van der Waals surface area contributed by atoms with Crippen molar-refractivity contribution in [3.63, 3.8) is 0 Å². The van der Waals surface area contributed by atoms with E-state index in [1.54, 1.807) is 25.2 Å². The van der Waals surface area contributed by atoms with Gasteiger partial charge in [0.05, 0.1) is 17.3 Å². The molecule has 0 radical (unpaired) electrons. The maximum Gasteiger partial charge on any atom is 0.350 e. The summed E-state index contributed by atoms with van der Waals surface area (Å²) in [6.45, 7) is 15.3. The van der Waals surface area contributed by atoms with Crippen LogP contribution in [0.3, 0.4) is 0 Å². The average Bonchev–Trinajstić information content (AvgIpc) is 2.80. The lowest BCUT2D eigenvalue weighted by Crippen LogP contribution is -2.05. The largest absolute Gasteiger partial charge is 0.462 e. The first-order valence-electron chi connectivity index (χ1n) is 6.24. The Morgan fingerprint density at radius 2 is 2.05 bits per heavy atom. The summed E-state index contributed by atoms with van der Waals surface area (Å²) in [5, 5.41) is 0.819. The molecule has 0 aliphatic carbocycles. The molecule has 0 atom stereocenters. The molecule has 0 N–H and O–H groups in total. The number of aromatic nitrogens is 1. The normalized spacial score (nSPS) is 10.2. The van der Waals surface area contributed by atoms with Crippen LogP contribution in [0.25, 0.3) is 5.57 Å². The monoisotopic (exact) mass is 279 g/mol. The standard InChI is InChI=1S/C13H15NO2S.C2H6/c1-5-8-10(6-2)11-12(13(15)16-7-3)17-9(4)14-11;1-2/h5-6,8H,1-2,7H2,3-4H3;1-2H3/b10-8+;. The van der Waals surface area contributed by atoms with Crippen molar-refractivity contribution in [2.24, 2.45) is 0 Å². The molecule has 0 aliphatic heterocycles. The minimum atomic E-state index is -0.343. The van der Waals surface area contributed by atoms with Crippen LogP contribution < -0.4 is 0 Å². The lowest BCUT2D eigenvalue weighted by molar-refractivity contribution is 0.0531. The van der Waals surface area contributed by atoms with Crippen LogP contribution in [0.5, 0.6) is 0 Å². The second-order valence-corrected chi connectivity index (χ2v) is 4.40. The van der Waals surface area contributed by atoms with Gasteiger partial charge < -0.3 is 4.74 Å². The van der Waals surface area contributed by atoms with Crippen LogP contribution in [0.15, 0.2) is 31.4 Å². The second-order valence-electron chi connectivity index (χ2n) is 3.19. The molecule has 19 heavy (non-hydrogen) atoms. The molecule has 0 spiro atoms. The number of rotatable bonds is 5. The topological polar surface area (TPSA) is 39.2 Å². The Hall–Kier alpha value is -1.68. The minimum absolute atomic E-state index is 0.343. The van der Waals surface area contributed by atoms with Crippen LogP contribution in [0.4, 0.5) is 0 Å². The van der Waals surface area contributed by atoms with E-state index in [2.05, 4.69) is 18.1 Å². The van der Waals surface area contributed by atoms with E-state index in [9.17, 15) is 4.79 Å². The van der Waals surface area contributed by atoms with Gasteiger partial charge in [0, 0.05) is 5.57 Å². The third-order valence-electron chi connectivity index (χ3n) is 1.99. The maximum atomic E-state index is 11.8. The number of ether oxygens (including phenoxy) is 1. The van der Waals surface area contributed by atoms with Crippen LogP contribution in [0.2, 0.25) is 0 Å². The Kier molecular flexibility index (Phi) is 8.46. The lowest BCUT2D eigenvalue weighted by atomic mass is 10.1. The summed E-state index contributed by atoms with van der Waals surface area (Å²) in [7, 11) is 0. The van der Waals surface area contributed by atoms with E-state index >= 15 is 0 Å². The van der Waals surface area contributed by atoms with E-state index in [-0.39, 0.29) is 5.97 Å². The molecule has 104 valence electrons. The first-order chi connectivity index (χ1) is 9.13. The molecule has 0 fully saturated rings. The first-order valence-corrected chi connectivity index (χ1v) is 7.05. The van der Waals surface area contributed by atoms with Gasteiger partial charge in [0.2, 0.25) is 0 Å². The van der Waals surface area contributed by atoms with Gasteiger partial charge in [-0.05, 0) is 13.8 Å². The molecule has 0 bridgehead atoms. The predicted molar refractivity (Wildman–Crippen MR) is 82.5 cm³/mol. The SMILES string of the molecule is C=C/C=C(\C=C)c1nc(C)sc1C(=O)OCC.CC. The highest BCUT2D eigenvalue weighted by Gasteiger charge is 2.19. The van der Waals surface area contributed by atoms with Gasteiger partial charge >= 0.3 is 5.97 Å². The van der Waals surface area contributed by atoms with Crippen molar-refractivity contribution < 1.29 is 9.53 Å². The molecular weight excluding hydrogens is 258 g/mol. The van der Waals surface area contributed by atoms with E-state index in [0.29, 0.717) is 17.2 Å². The molecule has 0 aliphatic rings. The predicted octanol–water partition coefficient (Wildman–Crippen LogP) is 4.41. The summed E-state index contributed by atoms with van der Waals surface area (Å²) >= 11 is 1.32. The minimum Gasteiger partial charge on any atom is -0.462 e. The Bertz CT molecular complexity index is 472. The summed E-state index contributed by atoms with van der Waals surface area (Å²) in [5.41, 5.74) is 1.38. The highest BCUT2D eigenvalue weighted by molar-refractivity contribution is 7.13. The summed E-state index contributed by atoms with van der Waals surface area (Å²) in [5.74, 6) is -0.343.